The Balaban J connectivity index is 2.47. The molecule has 2 aromatic rings. The molecule has 0 heterocycles. The number of hydrogen-bond acceptors (Lipinski definition) is 5. The van der Waals surface area contributed by atoms with Crippen LogP contribution in [0.4, 0.5) is 11.4 Å². The minimum absolute atomic E-state index is 0.00457. The van der Waals surface area contributed by atoms with Gasteiger partial charge in [0.1, 0.15) is 0 Å². The van der Waals surface area contributed by atoms with E-state index in [4.69, 9.17) is 0 Å². The Labute approximate surface area is 174 Å². The predicted molar refractivity (Wildman–Crippen MR) is 117 cm³/mol. The van der Waals surface area contributed by atoms with Gasteiger partial charge < -0.3 is 5.32 Å². The number of anilines is 2. The van der Waals surface area contributed by atoms with Crippen molar-refractivity contribution in [1.82, 2.24) is 4.31 Å². The van der Waals surface area contributed by atoms with Gasteiger partial charge in [-0.15, -0.1) is 0 Å². The summed E-state index contributed by atoms with van der Waals surface area (Å²) in [7, 11) is -4.75. The summed E-state index contributed by atoms with van der Waals surface area (Å²) < 4.78 is 54.3. The molecule has 0 aliphatic carbocycles. The molecule has 2 rings (SSSR count). The normalized spacial score (nSPS) is 12.8. The first-order chi connectivity index (χ1) is 13.3. The fourth-order valence-electron chi connectivity index (χ4n) is 2.66. The molecule has 0 radical (unpaired) electrons. The third-order valence-corrected chi connectivity index (χ3v) is 7.60. The van der Waals surface area contributed by atoms with E-state index in [0.717, 1.165) is 9.87 Å². The van der Waals surface area contributed by atoms with Gasteiger partial charge in [-0.1, -0.05) is 32.9 Å². The second-order valence-electron chi connectivity index (χ2n) is 7.91. The van der Waals surface area contributed by atoms with Crippen molar-refractivity contribution < 1.29 is 16.8 Å². The third kappa shape index (κ3) is 5.29. The highest BCUT2D eigenvalue weighted by Crippen LogP contribution is 2.30. The summed E-state index contributed by atoms with van der Waals surface area (Å²) >= 11 is 0. The minimum atomic E-state index is -3.90. The van der Waals surface area contributed by atoms with E-state index in [2.05, 4.69) is 10.0 Å². The third-order valence-electron chi connectivity index (χ3n) is 4.41. The molecule has 0 saturated carbocycles. The highest BCUT2D eigenvalue weighted by atomic mass is 32.2. The van der Waals surface area contributed by atoms with Gasteiger partial charge in [-0.25, -0.2) is 21.1 Å². The van der Waals surface area contributed by atoms with Gasteiger partial charge in [0.05, 0.1) is 21.2 Å². The summed E-state index contributed by atoms with van der Waals surface area (Å²) in [6.07, 6.45) is 0. The monoisotopic (exact) mass is 439 g/mol. The number of nitrogens with one attached hydrogen (secondary N) is 2. The summed E-state index contributed by atoms with van der Waals surface area (Å²) in [5.41, 5.74) is 1.60. The maximum atomic E-state index is 12.9. The van der Waals surface area contributed by atoms with Crippen LogP contribution in [0.25, 0.3) is 0 Å². The quantitative estimate of drug-likeness (QED) is 0.689. The molecule has 0 atom stereocenters. The molecular weight excluding hydrogens is 410 g/mol. The lowest BCUT2D eigenvalue weighted by atomic mass is 9.87. The molecule has 2 N–H and O–H groups in total. The van der Waals surface area contributed by atoms with Crippen LogP contribution in [-0.4, -0.2) is 41.8 Å². The minimum Gasteiger partial charge on any atom is -0.384 e. The van der Waals surface area contributed by atoms with Gasteiger partial charge in [0.2, 0.25) is 10.0 Å². The lowest BCUT2D eigenvalue weighted by Crippen LogP contribution is -2.23. The van der Waals surface area contributed by atoms with E-state index in [1.807, 2.05) is 27.7 Å². The van der Waals surface area contributed by atoms with Crippen LogP contribution in [0.1, 0.15) is 33.3 Å². The summed E-state index contributed by atoms with van der Waals surface area (Å²) in [4.78, 5) is 0.110. The Morgan fingerprint density at radius 1 is 0.862 bits per heavy atom. The summed E-state index contributed by atoms with van der Waals surface area (Å²) in [6.45, 7) is 8.57. The van der Waals surface area contributed by atoms with E-state index in [1.165, 1.54) is 26.2 Å². The smallest absolute Gasteiger partial charge is 0.261 e. The number of rotatable bonds is 7. The molecule has 0 bridgehead atoms. The molecule has 29 heavy (non-hydrogen) atoms. The van der Waals surface area contributed by atoms with Gasteiger partial charge in [0, 0.05) is 20.6 Å². The second kappa shape index (κ2) is 8.33. The Morgan fingerprint density at radius 2 is 1.41 bits per heavy atom. The Morgan fingerprint density at radius 3 is 1.90 bits per heavy atom. The maximum Gasteiger partial charge on any atom is 0.261 e. The average Bonchev–Trinajstić information content (AvgIpc) is 2.62. The maximum absolute atomic E-state index is 12.9. The Kier molecular flexibility index (Phi) is 6.66. The Hall–Kier alpha value is -2.10. The van der Waals surface area contributed by atoms with Crippen molar-refractivity contribution in [2.45, 2.75) is 42.9 Å². The fourth-order valence-corrected chi connectivity index (χ4v) is 4.66. The van der Waals surface area contributed by atoms with E-state index in [1.54, 1.807) is 30.3 Å². The molecule has 7 nitrogen and oxygen atoms in total. The van der Waals surface area contributed by atoms with Crippen LogP contribution in [0, 0.1) is 0 Å². The molecule has 0 aliphatic rings. The lowest BCUT2D eigenvalue weighted by molar-refractivity contribution is 0.521. The molecule has 2 aromatic carbocycles. The zero-order valence-electron chi connectivity index (χ0n) is 17.6. The molecule has 0 amide bonds. The van der Waals surface area contributed by atoms with E-state index in [-0.39, 0.29) is 20.9 Å². The van der Waals surface area contributed by atoms with Crippen molar-refractivity contribution in [2.24, 2.45) is 0 Å². The van der Waals surface area contributed by atoms with Gasteiger partial charge in [0.15, 0.2) is 0 Å². The molecule has 0 aliphatic heterocycles. The van der Waals surface area contributed by atoms with Gasteiger partial charge in [-0.05, 0) is 48.2 Å². The molecule has 9 heteroatoms. The topological polar surface area (TPSA) is 95.6 Å². The van der Waals surface area contributed by atoms with E-state index in [0.29, 0.717) is 12.2 Å². The van der Waals surface area contributed by atoms with E-state index in [9.17, 15) is 16.8 Å². The first-order valence-corrected chi connectivity index (χ1v) is 12.1. The number of nitrogens with zero attached hydrogens (tertiary/aromatic N) is 1. The predicted octanol–water partition coefficient (Wildman–Crippen LogP) is 3.47. The lowest BCUT2D eigenvalue weighted by Gasteiger charge is -2.20. The van der Waals surface area contributed by atoms with Gasteiger partial charge in [-0.2, -0.15) is 0 Å². The van der Waals surface area contributed by atoms with Gasteiger partial charge in [-0.3, -0.25) is 4.72 Å². The number of benzene rings is 2. The zero-order chi connectivity index (χ0) is 22.0. The molecule has 0 aromatic heterocycles. The van der Waals surface area contributed by atoms with Crippen LogP contribution in [-0.2, 0) is 25.5 Å². The average molecular weight is 440 g/mol. The van der Waals surface area contributed by atoms with Crippen molar-refractivity contribution in [2.75, 3.05) is 30.7 Å². The van der Waals surface area contributed by atoms with Crippen molar-refractivity contribution >= 4 is 31.4 Å². The highest BCUT2D eigenvalue weighted by Gasteiger charge is 2.22. The van der Waals surface area contributed by atoms with Crippen LogP contribution in [0.5, 0.6) is 0 Å². The van der Waals surface area contributed by atoms with Crippen LogP contribution >= 0.6 is 0 Å². The largest absolute Gasteiger partial charge is 0.384 e. The SMILES string of the molecule is CCNc1ccc(S(=O)(=O)N(C)C)cc1NS(=O)(=O)c1ccc(C(C)(C)C)cc1. The Bertz CT molecular complexity index is 1070. The van der Waals surface area contributed by atoms with Gasteiger partial charge >= 0.3 is 0 Å². The van der Waals surface area contributed by atoms with Gasteiger partial charge in [0.25, 0.3) is 10.0 Å². The highest BCUT2D eigenvalue weighted by molar-refractivity contribution is 7.92. The molecule has 0 saturated heterocycles. The van der Waals surface area contributed by atoms with Crippen LogP contribution in [0.3, 0.4) is 0 Å². The van der Waals surface area contributed by atoms with Crippen molar-refractivity contribution in [3.63, 3.8) is 0 Å². The van der Waals surface area contributed by atoms with E-state index < -0.39 is 20.0 Å². The summed E-state index contributed by atoms with van der Waals surface area (Å²) in [6, 6.07) is 11.0. The molecule has 160 valence electrons. The van der Waals surface area contributed by atoms with E-state index >= 15 is 0 Å². The number of sulfonamides is 2. The first-order valence-electron chi connectivity index (χ1n) is 9.23. The molecule has 0 spiro atoms. The summed E-state index contributed by atoms with van der Waals surface area (Å²) in [5.74, 6) is 0. The standard InChI is InChI=1S/C20H29N3O4S2/c1-7-21-18-13-12-17(29(26,27)23(5)6)14-19(18)22-28(24,25)16-10-8-15(9-11-16)20(2,3)4/h8-14,21-22H,7H2,1-6H3. The summed E-state index contributed by atoms with van der Waals surface area (Å²) in [5, 5.41) is 3.05. The molecular formula is C20H29N3O4S2. The van der Waals surface area contributed by atoms with Crippen molar-refractivity contribution in [1.29, 1.82) is 0 Å². The van der Waals surface area contributed by atoms with Crippen molar-refractivity contribution in [3.8, 4) is 0 Å². The first kappa shape index (κ1) is 23.2. The van der Waals surface area contributed by atoms with Crippen LogP contribution < -0.4 is 10.0 Å². The van der Waals surface area contributed by atoms with Crippen LogP contribution in [0.15, 0.2) is 52.3 Å². The second-order valence-corrected chi connectivity index (χ2v) is 11.7. The van der Waals surface area contributed by atoms with Crippen molar-refractivity contribution in [3.05, 3.63) is 48.0 Å². The zero-order valence-corrected chi connectivity index (χ0v) is 19.3. The molecule has 0 fully saturated rings. The fraction of sp³-hybridized carbons (Fsp3) is 0.400. The van der Waals surface area contributed by atoms with Crippen LogP contribution in [0.2, 0.25) is 0 Å². The molecule has 0 unspecified atom stereocenters. The number of hydrogen-bond donors (Lipinski definition) is 2.